The van der Waals surface area contributed by atoms with Gasteiger partial charge in [-0.25, -0.2) is 4.98 Å². The maximum Gasteiger partial charge on any atom is 0.422 e. The molecule has 0 unspecified atom stereocenters. The van der Waals surface area contributed by atoms with Crippen LogP contribution in [0, 0.1) is 0 Å². The minimum absolute atomic E-state index is 0.106. The molecule has 0 aliphatic rings. The summed E-state index contributed by atoms with van der Waals surface area (Å²) in [5.41, 5.74) is 0.783. The quantitative estimate of drug-likeness (QED) is 0.938. The van der Waals surface area contributed by atoms with E-state index in [2.05, 4.69) is 20.5 Å². The molecule has 5 nitrogen and oxygen atoms in total. The molecule has 9 heteroatoms. The lowest BCUT2D eigenvalue weighted by atomic mass is 10.1. The number of pyridine rings is 1. The summed E-state index contributed by atoms with van der Waals surface area (Å²) in [4.78, 5) is 3.82. The van der Waals surface area contributed by atoms with Gasteiger partial charge in [0.15, 0.2) is 17.6 Å². The van der Waals surface area contributed by atoms with Gasteiger partial charge in [-0.2, -0.15) is 13.2 Å². The third-order valence-electron chi connectivity index (χ3n) is 2.43. The summed E-state index contributed by atoms with van der Waals surface area (Å²) >= 11 is 5.78. The number of nitrogens with one attached hydrogen (secondary N) is 1. The Balaban J connectivity index is 2.42. The molecule has 2 rings (SSSR count). The maximum atomic E-state index is 12.3. The molecule has 0 atom stereocenters. The number of hydrogen-bond acceptors (Lipinski definition) is 5. The summed E-state index contributed by atoms with van der Waals surface area (Å²) < 4.78 is 41.6. The van der Waals surface area contributed by atoms with E-state index < -0.39 is 12.8 Å². The van der Waals surface area contributed by atoms with Crippen LogP contribution in [0.1, 0.15) is 0 Å². The van der Waals surface area contributed by atoms with Crippen LogP contribution >= 0.6 is 11.6 Å². The molecule has 21 heavy (non-hydrogen) atoms. The lowest BCUT2D eigenvalue weighted by molar-refractivity contribution is -0.154. The van der Waals surface area contributed by atoms with E-state index in [0.717, 1.165) is 0 Å². The van der Waals surface area contributed by atoms with Gasteiger partial charge in [0.2, 0.25) is 5.88 Å². The fraction of sp³-hybridized carbons (Fsp3) is 0.250. The molecule has 2 aromatic heterocycles. The summed E-state index contributed by atoms with van der Waals surface area (Å²) in [5.74, 6) is 0.194. The molecule has 0 aromatic carbocycles. The van der Waals surface area contributed by atoms with Crippen molar-refractivity contribution in [1.82, 2.24) is 15.2 Å². The lowest BCUT2D eigenvalue weighted by Gasteiger charge is -2.13. The highest BCUT2D eigenvalue weighted by Crippen LogP contribution is 2.33. The second-order valence-electron chi connectivity index (χ2n) is 3.94. The van der Waals surface area contributed by atoms with E-state index in [1.165, 1.54) is 12.3 Å². The van der Waals surface area contributed by atoms with Gasteiger partial charge in [-0.1, -0.05) is 11.6 Å². The predicted octanol–water partition coefficient (Wildman–Crippen LogP) is 3.17. The summed E-state index contributed by atoms with van der Waals surface area (Å²) in [6, 6.07) is 4.61. The Morgan fingerprint density at radius 1 is 1.29 bits per heavy atom. The molecule has 2 heterocycles. The molecule has 2 aromatic rings. The zero-order valence-corrected chi connectivity index (χ0v) is 11.5. The highest BCUT2D eigenvalue weighted by Gasteiger charge is 2.29. The van der Waals surface area contributed by atoms with Crippen molar-refractivity contribution in [2.45, 2.75) is 6.18 Å². The smallest absolute Gasteiger partial charge is 0.422 e. The van der Waals surface area contributed by atoms with E-state index in [4.69, 9.17) is 16.3 Å². The van der Waals surface area contributed by atoms with Crippen molar-refractivity contribution in [3.8, 4) is 17.0 Å². The minimum Gasteiger partial charge on any atom is -0.468 e. The maximum absolute atomic E-state index is 12.3. The Hall–Kier alpha value is -2.09. The molecule has 0 bridgehead atoms. The van der Waals surface area contributed by atoms with Crippen LogP contribution < -0.4 is 10.1 Å². The number of nitrogens with zero attached hydrogens (tertiary/aromatic N) is 3. The fourth-order valence-electron chi connectivity index (χ4n) is 1.62. The largest absolute Gasteiger partial charge is 0.468 e. The van der Waals surface area contributed by atoms with Crippen molar-refractivity contribution >= 4 is 17.4 Å². The SMILES string of the molecule is CNc1nnc(Cl)cc1-c1cccnc1OCC(F)(F)F. The molecule has 0 aliphatic heterocycles. The first-order valence-corrected chi connectivity index (χ1v) is 6.14. The number of anilines is 1. The van der Waals surface area contributed by atoms with Crippen LogP contribution in [-0.4, -0.2) is 35.0 Å². The van der Waals surface area contributed by atoms with Gasteiger partial charge in [0.1, 0.15) is 0 Å². The van der Waals surface area contributed by atoms with Gasteiger partial charge >= 0.3 is 6.18 Å². The van der Waals surface area contributed by atoms with Gasteiger partial charge < -0.3 is 10.1 Å². The molecule has 0 amide bonds. The van der Waals surface area contributed by atoms with Gasteiger partial charge in [0, 0.05) is 24.4 Å². The van der Waals surface area contributed by atoms with Crippen molar-refractivity contribution in [2.24, 2.45) is 0 Å². The van der Waals surface area contributed by atoms with Crippen LogP contribution in [0.5, 0.6) is 5.88 Å². The van der Waals surface area contributed by atoms with E-state index in [1.54, 1.807) is 19.2 Å². The van der Waals surface area contributed by atoms with Crippen LogP contribution in [0.25, 0.3) is 11.1 Å². The Morgan fingerprint density at radius 3 is 2.71 bits per heavy atom. The number of rotatable bonds is 4. The fourth-order valence-corrected chi connectivity index (χ4v) is 1.77. The number of ether oxygens (including phenoxy) is 1. The standard InChI is InChI=1S/C12H10ClF3N4O/c1-17-10-8(5-9(13)19-20-10)7-3-2-4-18-11(7)21-6-12(14,15)16/h2-5H,6H2,1H3,(H,17,20). The molecule has 112 valence electrons. The molecule has 0 aliphatic carbocycles. The van der Waals surface area contributed by atoms with Crippen molar-refractivity contribution in [1.29, 1.82) is 0 Å². The molecular weight excluding hydrogens is 309 g/mol. The minimum atomic E-state index is -4.45. The Morgan fingerprint density at radius 2 is 2.05 bits per heavy atom. The topological polar surface area (TPSA) is 59.9 Å². The lowest BCUT2D eigenvalue weighted by Crippen LogP contribution is -2.20. The number of halogens is 4. The van der Waals surface area contributed by atoms with Crippen LogP contribution in [0.2, 0.25) is 5.15 Å². The summed E-state index contributed by atoms with van der Waals surface area (Å²) in [5, 5.41) is 10.4. The zero-order chi connectivity index (χ0) is 15.5. The Bertz CT molecular complexity index is 636. The first kappa shape index (κ1) is 15.3. The van der Waals surface area contributed by atoms with E-state index in [9.17, 15) is 13.2 Å². The molecule has 0 saturated heterocycles. The van der Waals surface area contributed by atoms with E-state index >= 15 is 0 Å². The van der Waals surface area contributed by atoms with Crippen molar-refractivity contribution in [3.63, 3.8) is 0 Å². The molecule has 0 spiro atoms. The van der Waals surface area contributed by atoms with E-state index in [1.807, 2.05) is 0 Å². The van der Waals surface area contributed by atoms with Crippen molar-refractivity contribution < 1.29 is 17.9 Å². The summed E-state index contributed by atoms with van der Waals surface area (Å²) in [7, 11) is 1.61. The van der Waals surface area contributed by atoms with Crippen LogP contribution in [-0.2, 0) is 0 Å². The monoisotopic (exact) mass is 318 g/mol. The van der Waals surface area contributed by atoms with Crippen molar-refractivity contribution in [2.75, 3.05) is 19.0 Å². The molecule has 0 radical (unpaired) electrons. The predicted molar refractivity (Wildman–Crippen MR) is 71.4 cm³/mol. The van der Waals surface area contributed by atoms with Gasteiger partial charge in [-0.05, 0) is 18.2 Å². The van der Waals surface area contributed by atoms with Gasteiger partial charge in [0.25, 0.3) is 0 Å². The van der Waals surface area contributed by atoms with E-state index in [0.29, 0.717) is 16.9 Å². The molecule has 1 N–H and O–H groups in total. The first-order valence-electron chi connectivity index (χ1n) is 5.76. The molecular formula is C12H10ClF3N4O. The highest BCUT2D eigenvalue weighted by molar-refractivity contribution is 6.29. The summed E-state index contributed by atoms with van der Waals surface area (Å²) in [6.07, 6.45) is -3.11. The van der Waals surface area contributed by atoms with Crippen LogP contribution in [0.15, 0.2) is 24.4 Å². The average molecular weight is 319 g/mol. The number of hydrogen-bond donors (Lipinski definition) is 1. The average Bonchev–Trinajstić information content (AvgIpc) is 2.44. The number of aromatic nitrogens is 3. The highest BCUT2D eigenvalue weighted by atomic mass is 35.5. The van der Waals surface area contributed by atoms with Gasteiger partial charge in [0.05, 0.1) is 0 Å². The van der Waals surface area contributed by atoms with Crippen LogP contribution in [0.4, 0.5) is 19.0 Å². The summed E-state index contributed by atoms with van der Waals surface area (Å²) in [6.45, 7) is -1.43. The molecule has 0 fully saturated rings. The first-order chi connectivity index (χ1) is 9.90. The van der Waals surface area contributed by atoms with Crippen molar-refractivity contribution in [3.05, 3.63) is 29.5 Å². The van der Waals surface area contributed by atoms with Gasteiger partial charge in [-0.3, -0.25) is 0 Å². The Labute approximate surface area is 123 Å². The second kappa shape index (κ2) is 6.13. The normalized spacial score (nSPS) is 11.3. The third kappa shape index (κ3) is 3.94. The zero-order valence-electron chi connectivity index (χ0n) is 10.8. The number of alkyl halides is 3. The second-order valence-corrected chi connectivity index (χ2v) is 4.33. The van der Waals surface area contributed by atoms with Crippen LogP contribution in [0.3, 0.4) is 0 Å². The Kier molecular flexibility index (Phi) is 4.46. The van der Waals surface area contributed by atoms with E-state index in [-0.39, 0.29) is 11.0 Å². The third-order valence-corrected chi connectivity index (χ3v) is 2.62. The van der Waals surface area contributed by atoms with Gasteiger partial charge in [-0.15, -0.1) is 10.2 Å². The molecule has 0 saturated carbocycles.